The zero-order valence-corrected chi connectivity index (χ0v) is 16.6. The molecule has 1 amide bonds. The highest BCUT2D eigenvalue weighted by atomic mass is 35.5. The Morgan fingerprint density at radius 3 is 2.54 bits per heavy atom. The monoisotopic (exact) mass is 396 g/mol. The zero-order chi connectivity index (χ0) is 19.5. The molecular formula is C18H21ClN2O4S. The molecule has 0 bridgehead atoms. The molecule has 0 aliphatic rings. The number of sulfonamides is 1. The number of aryl methyl sites for hydroxylation is 1. The van der Waals surface area contributed by atoms with Crippen molar-refractivity contribution in [3.05, 3.63) is 53.1 Å². The third kappa shape index (κ3) is 4.68. The van der Waals surface area contributed by atoms with Crippen molar-refractivity contribution >= 4 is 38.9 Å². The third-order valence-electron chi connectivity index (χ3n) is 3.85. The van der Waals surface area contributed by atoms with Gasteiger partial charge in [-0.2, -0.15) is 0 Å². The Hall–Kier alpha value is -2.25. The van der Waals surface area contributed by atoms with Crippen LogP contribution in [0.5, 0.6) is 5.75 Å². The van der Waals surface area contributed by atoms with E-state index in [1.54, 1.807) is 42.5 Å². The molecule has 26 heavy (non-hydrogen) atoms. The van der Waals surface area contributed by atoms with Crippen LogP contribution in [0.2, 0.25) is 5.02 Å². The van der Waals surface area contributed by atoms with Crippen molar-refractivity contribution < 1.29 is 17.9 Å². The number of hydrogen-bond acceptors (Lipinski definition) is 4. The van der Waals surface area contributed by atoms with Crippen LogP contribution in [-0.4, -0.2) is 33.7 Å². The molecule has 0 saturated heterocycles. The summed E-state index contributed by atoms with van der Waals surface area (Å²) in [7, 11) is -2.22. The number of nitrogens with zero attached hydrogens (tertiary/aromatic N) is 1. The second-order valence-corrected chi connectivity index (χ2v) is 8.18. The smallest absolute Gasteiger partial charge is 0.248 e. The van der Waals surface area contributed by atoms with Gasteiger partial charge in [-0.1, -0.05) is 23.7 Å². The van der Waals surface area contributed by atoms with Crippen molar-refractivity contribution in [3.63, 3.8) is 0 Å². The fraction of sp³-hybridized carbons (Fsp3) is 0.278. The Morgan fingerprint density at radius 1 is 1.23 bits per heavy atom. The SMILES string of the molecule is COc1cccc(N([C@@H](C)C(=O)Nc2cc(Cl)ccc2C)S(C)(=O)=O)c1. The minimum atomic E-state index is -3.71. The summed E-state index contributed by atoms with van der Waals surface area (Å²) in [4.78, 5) is 12.7. The summed E-state index contributed by atoms with van der Waals surface area (Å²) in [5, 5.41) is 3.22. The number of nitrogens with one attached hydrogen (secondary N) is 1. The Balaban J connectivity index is 2.36. The van der Waals surface area contributed by atoms with E-state index < -0.39 is 22.0 Å². The highest BCUT2D eigenvalue weighted by Crippen LogP contribution is 2.26. The molecular weight excluding hydrogens is 376 g/mol. The van der Waals surface area contributed by atoms with Gasteiger partial charge in [-0.25, -0.2) is 8.42 Å². The van der Waals surface area contributed by atoms with Crippen LogP contribution in [0.25, 0.3) is 0 Å². The second-order valence-electron chi connectivity index (χ2n) is 5.88. The number of rotatable bonds is 6. The van der Waals surface area contributed by atoms with E-state index >= 15 is 0 Å². The topological polar surface area (TPSA) is 75.7 Å². The largest absolute Gasteiger partial charge is 0.497 e. The summed E-state index contributed by atoms with van der Waals surface area (Å²) in [5.74, 6) is 0.0260. The number of carbonyl (C=O) groups is 1. The van der Waals surface area contributed by atoms with E-state index in [0.29, 0.717) is 22.1 Å². The first-order valence-electron chi connectivity index (χ1n) is 7.84. The summed E-state index contributed by atoms with van der Waals surface area (Å²) in [6, 6.07) is 10.7. The van der Waals surface area contributed by atoms with Gasteiger partial charge in [0.2, 0.25) is 15.9 Å². The third-order valence-corrected chi connectivity index (χ3v) is 5.33. The van der Waals surface area contributed by atoms with Crippen LogP contribution in [0.4, 0.5) is 11.4 Å². The molecule has 0 aliphatic carbocycles. The summed E-state index contributed by atoms with van der Waals surface area (Å²) in [5.41, 5.74) is 1.70. The molecule has 0 unspecified atom stereocenters. The molecule has 6 nitrogen and oxygen atoms in total. The number of carbonyl (C=O) groups excluding carboxylic acids is 1. The molecule has 0 fully saturated rings. The maximum atomic E-state index is 12.7. The van der Waals surface area contributed by atoms with Crippen LogP contribution in [0.15, 0.2) is 42.5 Å². The molecule has 2 aromatic carbocycles. The fourth-order valence-electron chi connectivity index (χ4n) is 2.52. The van der Waals surface area contributed by atoms with E-state index in [4.69, 9.17) is 16.3 Å². The molecule has 2 aromatic rings. The van der Waals surface area contributed by atoms with Crippen LogP contribution in [0, 0.1) is 6.92 Å². The summed E-state index contributed by atoms with van der Waals surface area (Å²) in [6.45, 7) is 3.35. The quantitative estimate of drug-likeness (QED) is 0.811. The van der Waals surface area contributed by atoms with Crippen molar-refractivity contribution in [2.75, 3.05) is 23.0 Å². The van der Waals surface area contributed by atoms with Crippen molar-refractivity contribution in [1.29, 1.82) is 0 Å². The van der Waals surface area contributed by atoms with E-state index in [1.165, 1.54) is 14.0 Å². The molecule has 1 atom stereocenters. The minimum Gasteiger partial charge on any atom is -0.497 e. The van der Waals surface area contributed by atoms with E-state index in [2.05, 4.69) is 5.32 Å². The Labute approximate surface area is 158 Å². The van der Waals surface area contributed by atoms with Crippen LogP contribution < -0.4 is 14.4 Å². The van der Waals surface area contributed by atoms with Crippen LogP contribution in [-0.2, 0) is 14.8 Å². The molecule has 1 N–H and O–H groups in total. The van der Waals surface area contributed by atoms with Gasteiger partial charge in [-0.15, -0.1) is 0 Å². The Bertz CT molecular complexity index is 915. The first kappa shape index (κ1) is 20.1. The minimum absolute atomic E-state index is 0.345. The number of methoxy groups -OCH3 is 1. The van der Waals surface area contributed by atoms with Crippen LogP contribution >= 0.6 is 11.6 Å². The van der Waals surface area contributed by atoms with E-state index in [1.807, 2.05) is 6.92 Å². The van der Waals surface area contributed by atoms with Crippen molar-refractivity contribution in [2.24, 2.45) is 0 Å². The van der Waals surface area contributed by atoms with Gasteiger partial charge in [-0.3, -0.25) is 9.10 Å². The first-order valence-corrected chi connectivity index (χ1v) is 10.1. The van der Waals surface area contributed by atoms with Gasteiger partial charge in [0.25, 0.3) is 0 Å². The maximum absolute atomic E-state index is 12.7. The predicted molar refractivity (Wildman–Crippen MR) is 105 cm³/mol. The first-order chi connectivity index (χ1) is 12.1. The van der Waals surface area contributed by atoms with Gasteiger partial charge in [0, 0.05) is 16.8 Å². The fourth-order valence-corrected chi connectivity index (χ4v) is 3.86. The van der Waals surface area contributed by atoms with Gasteiger partial charge in [0.15, 0.2) is 0 Å². The highest BCUT2D eigenvalue weighted by Gasteiger charge is 2.29. The maximum Gasteiger partial charge on any atom is 0.248 e. The molecule has 0 heterocycles. The van der Waals surface area contributed by atoms with Gasteiger partial charge in [0.05, 0.1) is 19.1 Å². The average Bonchev–Trinajstić information content (AvgIpc) is 2.57. The van der Waals surface area contributed by atoms with Crippen molar-refractivity contribution in [3.8, 4) is 5.75 Å². The number of halogens is 1. The molecule has 0 aromatic heterocycles. The van der Waals surface area contributed by atoms with Crippen LogP contribution in [0.3, 0.4) is 0 Å². The van der Waals surface area contributed by atoms with Gasteiger partial charge >= 0.3 is 0 Å². The molecule has 2 rings (SSSR count). The molecule has 0 aliphatic heterocycles. The average molecular weight is 397 g/mol. The number of anilines is 2. The van der Waals surface area contributed by atoms with E-state index in [0.717, 1.165) is 16.1 Å². The summed E-state index contributed by atoms with van der Waals surface area (Å²) >= 11 is 5.97. The molecule has 0 spiro atoms. The van der Waals surface area contributed by atoms with Gasteiger partial charge in [0.1, 0.15) is 11.8 Å². The summed E-state index contributed by atoms with van der Waals surface area (Å²) < 4.78 is 30.9. The van der Waals surface area contributed by atoms with Crippen molar-refractivity contribution in [2.45, 2.75) is 19.9 Å². The number of hydrogen-bond donors (Lipinski definition) is 1. The zero-order valence-electron chi connectivity index (χ0n) is 15.0. The molecule has 0 radical (unpaired) electrons. The van der Waals surface area contributed by atoms with Gasteiger partial charge < -0.3 is 10.1 Å². The van der Waals surface area contributed by atoms with E-state index in [-0.39, 0.29) is 0 Å². The lowest BCUT2D eigenvalue weighted by molar-refractivity contribution is -0.116. The normalized spacial score (nSPS) is 12.3. The number of benzene rings is 2. The van der Waals surface area contributed by atoms with Crippen molar-refractivity contribution in [1.82, 2.24) is 0 Å². The molecule has 8 heteroatoms. The number of ether oxygens (including phenoxy) is 1. The van der Waals surface area contributed by atoms with Crippen LogP contribution in [0.1, 0.15) is 12.5 Å². The standard InChI is InChI=1S/C18H21ClN2O4S/c1-12-8-9-14(19)10-17(12)20-18(22)13(2)21(26(4,23)24)15-6-5-7-16(11-15)25-3/h5-11,13H,1-4H3,(H,20,22)/t13-/m0/s1. The Kier molecular flexibility index (Phi) is 6.15. The van der Waals surface area contributed by atoms with E-state index in [9.17, 15) is 13.2 Å². The lowest BCUT2D eigenvalue weighted by atomic mass is 10.2. The molecule has 140 valence electrons. The van der Waals surface area contributed by atoms with Gasteiger partial charge in [-0.05, 0) is 43.7 Å². The number of amides is 1. The predicted octanol–water partition coefficient (Wildman–Crippen LogP) is 3.45. The highest BCUT2D eigenvalue weighted by molar-refractivity contribution is 7.92. The molecule has 0 saturated carbocycles. The lowest BCUT2D eigenvalue weighted by Crippen LogP contribution is -2.45. The lowest BCUT2D eigenvalue weighted by Gasteiger charge is -2.28. The Morgan fingerprint density at radius 2 is 1.92 bits per heavy atom. The summed E-state index contributed by atoms with van der Waals surface area (Å²) in [6.07, 6.45) is 1.06. The second kappa shape index (κ2) is 7.97.